The minimum Gasteiger partial charge on any atom is -0.242 e. The predicted molar refractivity (Wildman–Crippen MR) is 91.5 cm³/mol. The third-order valence-corrected chi connectivity index (χ3v) is 4.47. The molecule has 0 bridgehead atoms. The molecule has 0 saturated heterocycles. The highest BCUT2D eigenvalue weighted by Gasteiger charge is 2.06. The summed E-state index contributed by atoms with van der Waals surface area (Å²) in [5, 5.41) is 7.24. The highest BCUT2D eigenvalue weighted by atomic mass is 32.1. The highest BCUT2D eigenvalue weighted by Crippen LogP contribution is 2.27. The average Bonchev–Trinajstić information content (AvgIpc) is 2.92. The molecular weight excluding hydrogens is 278 g/mol. The van der Waals surface area contributed by atoms with Crippen LogP contribution in [-0.2, 0) is 0 Å². The van der Waals surface area contributed by atoms with Gasteiger partial charge in [0, 0.05) is 7.05 Å². The number of aryl methyl sites for hydroxylation is 2. The lowest BCUT2D eigenvalue weighted by Crippen LogP contribution is -2.08. The molecule has 3 rings (SSSR count). The van der Waals surface area contributed by atoms with E-state index in [-0.39, 0.29) is 0 Å². The third kappa shape index (κ3) is 2.95. The van der Waals surface area contributed by atoms with E-state index >= 15 is 0 Å². The van der Waals surface area contributed by atoms with Crippen molar-refractivity contribution in [3.63, 3.8) is 0 Å². The molecule has 4 heteroatoms. The molecule has 1 aromatic heterocycles. The molecule has 0 aliphatic rings. The lowest BCUT2D eigenvalue weighted by molar-refractivity contribution is 1.01. The number of aromatic nitrogens is 1. The average molecular weight is 295 g/mol. The molecule has 0 fully saturated rings. The maximum absolute atomic E-state index is 4.60. The molecule has 0 radical (unpaired) electrons. The molecule has 0 N–H and O–H groups in total. The molecule has 0 aliphatic heterocycles. The van der Waals surface area contributed by atoms with Crippen LogP contribution in [0.25, 0.3) is 10.2 Å². The SMILES string of the molecule is Cc1ccc(C)c(/C=N/N(C)c2nc3ccccc3s2)c1. The van der Waals surface area contributed by atoms with Crippen LogP contribution in [0.15, 0.2) is 47.6 Å². The Labute approximate surface area is 128 Å². The monoisotopic (exact) mass is 295 g/mol. The van der Waals surface area contributed by atoms with Gasteiger partial charge in [-0.25, -0.2) is 9.99 Å². The number of thiazole rings is 1. The molecular formula is C17H17N3S. The summed E-state index contributed by atoms with van der Waals surface area (Å²) in [6.07, 6.45) is 1.90. The van der Waals surface area contributed by atoms with E-state index in [0.717, 1.165) is 16.2 Å². The Morgan fingerprint density at radius 1 is 1.14 bits per heavy atom. The number of para-hydroxylation sites is 1. The Kier molecular flexibility index (Phi) is 3.71. The van der Waals surface area contributed by atoms with Gasteiger partial charge in [0.2, 0.25) is 5.13 Å². The largest absolute Gasteiger partial charge is 0.242 e. The molecule has 3 nitrogen and oxygen atoms in total. The molecule has 0 unspecified atom stereocenters. The zero-order valence-corrected chi connectivity index (χ0v) is 13.2. The quantitative estimate of drug-likeness (QED) is 0.530. The van der Waals surface area contributed by atoms with Crippen molar-refractivity contribution in [3.05, 3.63) is 59.2 Å². The van der Waals surface area contributed by atoms with Crippen molar-refractivity contribution in [2.24, 2.45) is 5.10 Å². The number of rotatable bonds is 3. The highest BCUT2D eigenvalue weighted by molar-refractivity contribution is 7.22. The second-order valence-electron chi connectivity index (χ2n) is 5.09. The first-order chi connectivity index (χ1) is 10.1. The van der Waals surface area contributed by atoms with Gasteiger partial charge in [0.25, 0.3) is 0 Å². The zero-order chi connectivity index (χ0) is 14.8. The molecule has 3 aromatic rings. The minimum atomic E-state index is 0.901. The van der Waals surface area contributed by atoms with E-state index in [2.05, 4.69) is 48.2 Å². The van der Waals surface area contributed by atoms with Crippen LogP contribution in [0, 0.1) is 13.8 Å². The summed E-state index contributed by atoms with van der Waals surface area (Å²) in [5.74, 6) is 0. The van der Waals surface area contributed by atoms with E-state index in [9.17, 15) is 0 Å². The summed E-state index contributed by atoms with van der Waals surface area (Å²) >= 11 is 1.65. The van der Waals surface area contributed by atoms with Crippen molar-refractivity contribution in [3.8, 4) is 0 Å². The maximum atomic E-state index is 4.60. The summed E-state index contributed by atoms with van der Waals surface area (Å²) in [6, 6.07) is 14.5. The number of anilines is 1. The van der Waals surface area contributed by atoms with E-state index in [1.165, 1.54) is 15.8 Å². The number of fused-ring (bicyclic) bond motifs is 1. The van der Waals surface area contributed by atoms with Crippen molar-refractivity contribution in [2.75, 3.05) is 12.1 Å². The molecule has 2 aromatic carbocycles. The van der Waals surface area contributed by atoms with Gasteiger partial charge in [-0.1, -0.05) is 47.2 Å². The summed E-state index contributed by atoms with van der Waals surface area (Å²) < 4.78 is 1.18. The first kappa shape index (κ1) is 13.8. The van der Waals surface area contributed by atoms with Crippen LogP contribution in [0.5, 0.6) is 0 Å². The van der Waals surface area contributed by atoms with Crippen molar-refractivity contribution in [1.82, 2.24) is 4.98 Å². The van der Waals surface area contributed by atoms with E-state index in [1.807, 2.05) is 36.5 Å². The Balaban J connectivity index is 1.86. The zero-order valence-electron chi connectivity index (χ0n) is 12.4. The van der Waals surface area contributed by atoms with Crippen LogP contribution in [0.2, 0.25) is 0 Å². The van der Waals surface area contributed by atoms with Gasteiger partial charge in [-0.2, -0.15) is 5.10 Å². The molecule has 0 amide bonds. The van der Waals surface area contributed by atoms with Crippen LogP contribution in [0.4, 0.5) is 5.13 Å². The van der Waals surface area contributed by atoms with Gasteiger partial charge >= 0.3 is 0 Å². The summed E-state index contributed by atoms with van der Waals surface area (Å²) in [7, 11) is 1.93. The minimum absolute atomic E-state index is 0.901. The smallest absolute Gasteiger partial charge is 0.206 e. The molecule has 0 spiro atoms. The summed E-state index contributed by atoms with van der Waals surface area (Å²) in [4.78, 5) is 4.60. The summed E-state index contributed by atoms with van der Waals surface area (Å²) in [6.45, 7) is 4.19. The second kappa shape index (κ2) is 5.66. The van der Waals surface area contributed by atoms with Gasteiger partial charge in [0.1, 0.15) is 0 Å². The second-order valence-corrected chi connectivity index (χ2v) is 6.10. The fraction of sp³-hybridized carbons (Fsp3) is 0.176. The topological polar surface area (TPSA) is 28.5 Å². The Hall–Kier alpha value is -2.20. The van der Waals surface area contributed by atoms with Gasteiger partial charge < -0.3 is 0 Å². The molecule has 0 atom stereocenters. The van der Waals surface area contributed by atoms with Crippen LogP contribution < -0.4 is 5.01 Å². The number of nitrogens with zero attached hydrogens (tertiary/aromatic N) is 3. The normalized spacial score (nSPS) is 11.4. The maximum Gasteiger partial charge on any atom is 0.206 e. The number of hydrazone groups is 1. The summed E-state index contributed by atoms with van der Waals surface area (Å²) in [5.41, 5.74) is 4.63. The molecule has 0 saturated carbocycles. The van der Waals surface area contributed by atoms with Crippen LogP contribution in [0.1, 0.15) is 16.7 Å². The van der Waals surface area contributed by atoms with Gasteiger partial charge in [-0.05, 0) is 37.1 Å². The fourth-order valence-corrected chi connectivity index (χ4v) is 2.98. The van der Waals surface area contributed by atoms with Crippen molar-refractivity contribution in [2.45, 2.75) is 13.8 Å². The molecule has 1 heterocycles. The Morgan fingerprint density at radius 2 is 1.95 bits per heavy atom. The van der Waals surface area contributed by atoms with Crippen molar-refractivity contribution in [1.29, 1.82) is 0 Å². The number of benzene rings is 2. The Bertz CT molecular complexity index is 772. The molecule has 21 heavy (non-hydrogen) atoms. The van der Waals surface area contributed by atoms with Crippen molar-refractivity contribution >= 4 is 32.9 Å². The van der Waals surface area contributed by atoms with E-state index in [1.54, 1.807) is 11.3 Å². The van der Waals surface area contributed by atoms with Gasteiger partial charge in [-0.3, -0.25) is 0 Å². The molecule has 106 valence electrons. The van der Waals surface area contributed by atoms with Crippen LogP contribution in [-0.4, -0.2) is 18.2 Å². The fourth-order valence-electron chi connectivity index (χ4n) is 2.10. The lowest BCUT2D eigenvalue weighted by atomic mass is 10.1. The van der Waals surface area contributed by atoms with Gasteiger partial charge in [0.15, 0.2) is 0 Å². The van der Waals surface area contributed by atoms with Crippen LogP contribution in [0.3, 0.4) is 0 Å². The Morgan fingerprint density at radius 3 is 2.76 bits per heavy atom. The lowest BCUT2D eigenvalue weighted by Gasteiger charge is -2.08. The van der Waals surface area contributed by atoms with Gasteiger partial charge in [-0.15, -0.1) is 0 Å². The van der Waals surface area contributed by atoms with E-state index in [4.69, 9.17) is 0 Å². The molecule has 0 aliphatic carbocycles. The predicted octanol–water partition coefficient (Wildman–Crippen LogP) is 4.38. The number of hydrogen-bond acceptors (Lipinski definition) is 4. The van der Waals surface area contributed by atoms with Crippen LogP contribution >= 0.6 is 11.3 Å². The van der Waals surface area contributed by atoms with E-state index in [0.29, 0.717) is 0 Å². The first-order valence-electron chi connectivity index (χ1n) is 6.84. The standard InChI is InChI=1S/C17H17N3S/c1-12-8-9-13(2)14(10-12)11-18-20(3)17-19-15-6-4-5-7-16(15)21-17/h4-11H,1-3H3/b18-11+. The van der Waals surface area contributed by atoms with Crippen molar-refractivity contribution < 1.29 is 0 Å². The van der Waals surface area contributed by atoms with Gasteiger partial charge in [0.05, 0.1) is 16.4 Å². The number of hydrogen-bond donors (Lipinski definition) is 0. The third-order valence-electron chi connectivity index (χ3n) is 3.36. The van der Waals surface area contributed by atoms with E-state index < -0.39 is 0 Å². The first-order valence-corrected chi connectivity index (χ1v) is 7.66.